The Morgan fingerprint density at radius 3 is 1.68 bits per heavy atom. The van der Waals surface area contributed by atoms with E-state index in [1.54, 1.807) is 0 Å². The molecule has 0 aliphatic carbocycles. The summed E-state index contributed by atoms with van der Waals surface area (Å²) in [6.45, 7) is 2.12. The SMILES string of the molecule is Cc1ccc2ccccc2c1.[IH+]c1ccc2ccccc2c1. The van der Waals surface area contributed by atoms with Gasteiger partial charge in [-0.15, -0.1) is 0 Å². The molecule has 0 atom stereocenters. The summed E-state index contributed by atoms with van der Waals surface area (Å²) in [5.74, 6) is 0. The van der Waals surface area contributed by atoms with Gasteiger partial charge in [0, 0.05) is 0 Å². The molecule has 0 aliphatic heterocycles. The van der Waals surface area contributed by atoms with E-state index in [2.05, 4.69) is 91.9 Å². The minimum Gasteiger partial charge on any atom is -0.0616 e. The van der Waals surface area contributed by atoms with E-state index in [-0.39, 0.29) is 0 Å². The number of halogens is 1. The summed E-state index contributed by atoms with van der Waals surface area (Å²) >= 11 is 2.05. The average Bonchev–Trinajstić information content (AvgIpc) is 2.55. The van der Waals surface area contributed by atoms with Crippen molar-refractivity contribution in [3.63, 3.8) is 0 Å². The summed E-state index contributed by atoms with van der Waals surface area (Å²) in [7, 11) is 0. The smallest absolute Gasteiger partial charge is 0.0616 e. The molecule has 0 N–H and O–H groups in total. The average molecular weight is 397 g/mol. The highest BCUT2D eigenvalue weighted by Crippen LogP contribution is 2.14. The van der Waals surface area contributed by atoms with Crippen LogP contribution < -0.4 is 22.6 Å². The van der Waals surface area contributed by atoms with Crippen molar-refractivity contribution >= 4 is 21.5 Å². The molecular weight excluding hydrogens is 379 g/mol. The molecule has 0 heterocycles. The topological polar surface area (TPSA) is 0 Å². The van der Waals surface area contributed by atoms with Gasteiger partial charge in [0.05, 0.1) is 0 Å². The molecule has 0 saturated heterocycles. The summed E-state index contributed by atoms with van der Waals surface area (Å²) in [6, 6.07) is 29.8. The summed E-state index contributed by atoms with van der Waals surface area (Å²) in [5, 5.41) is 5.29. The van der Waals surface area contributed by atoms with E-state index >= 15 is 0 Å². The van der Waals surface area contributed by atoms with Gasteiger partial charge in [-0.25, -0.2) is 0 Å². The molecule has 0 nitrogen and oxygen atoms in total. The standard InChI is InChI=1S/C11H10.C10H8I/c1-9-6-7-10-4-2-3-5-11(10)8-9;11-10-6-5-8-3-1-2-4-9(8)7-10/h2-8H,1H3;1-7,11H/q;+1. The van der Waals surface area contributed by atoms with Gasteiger partial charge in [0.1, 0.15) is 0 Å². The van der Waals surface area contributed by atoms with Gasteiger partial charge in [0.15, 0.2) is 3.57 Å². The Bertz CT molecular complexity index is 832. The van der Waals surface area contributed by atoms with E-state index in [0.29, 0.717) is 0 Å². The lowest BCUT2D eigenvalue weighted by molar-refractivity contribution is -0.328. The van der Waals surface area contributed by atoms with Crippen molar-refractivity contribution in [3.8, 4) is 0 Å². The molecule has 4 aromatic carbocycles. The normalized spacial score (nSPS) is 10.3. The first-order valence-electron chi connectivity index (χ1n) is 7.33. The van der Waals surface area contributed by atoms with Gasteiger partial charge >= 0.3 is 0 Å². The van der Waals surface area contributed by atoms with Crippen molar-refractivity contribution in [2.75, 3.05) is 0 Å². The highest BCUT2D eigenvalue weighted by atomic mass is 127. The Morgan fingerprint density at radius 1 is 0.545 bits per heavy atom. The molecule has 4 aromatic rings. The largest absolute Gasteiger partial charge is 0.296 e. The molecule has 0 radical (unpaired) electrons. The van der Waals surface area contributed by atoms with Crippen LogP contribution in [0.3, 0.4) is 0 Å². The van der Waals surface area contributed by atoms with Crippen LogP contribution in [0.4, 0.5) is 0 Å². The first-order valence-corrected chi connectivity index (χ1v) is 8.50. The van der Waals surface area contributed by atoms with E-state index in [1.807, 2.05) is 22.6 Å². The van der Waals surface area contributed by atoms with Gasteiger partial charge in [0.2, 0.25) is 0 Å². The van der Waals surface area contributed by atoms with Crippen molar-refractivity contribution in [1.29, 1.82) is 0 Å². The Labute approximate surface area is 144 Å². The fourth-order valence-corrected chi connectivity index (χ4v) is 3.03. The molecule has 0 fully saturated rings. The molecule has 108 valence electrons. The predicted octanol–water partition coefficient (Wildman–Crippen LogP) is 2.44. The first-order chi connectivity index (χ1) is 10.7. The second-order valence-corrected chi connectivity index (χ2v) is 6.70. The van der Waals surface area contributed by atoms with Gasteiger partial charge in [0.25, 0.3) is 22.6 Å². The second-order valence-electron chi connectivity index (χ2n) is 5.36. The zero-order valence-corrected chi connectivity index (χ0v) is 14.8. The van der Waals surface area contributed by atoms with Crippen molar-refractivity contribution < 1.29 is 22.6 Å². The maximum Gasteiger partial charge on any atom is 0.296 e. The minimum atomic E-state index is 1.32. The van der Waals surface area contributed by atoms with Crippen molar-refractivity contribution in [1.82, 2.24) is 0 Å². The van der Waals surface area contributed by atoms with Crippen LogP contribution >= 0.6 is 0 Å². The lowest BCUT2D eigenvalue weighted by Crippen LogP contribution is -3.34. The number of hydrogen-bond acceptors (Lipinski definition) is 0. The van der Waals surface area contributed by atoms with E-state index in [1.165, 1.54) is 30.7 Å². The maximum absolute atomic E-state index is 2.21. The summed E-state index contributed by atoms with van der Waals surface area (Å²) < 4.78 is 1.33. The Morgan fingerprint density at radius 2 is 1.05 bits per heavy atom. The fraction of sp³-hybridized carbons (Fsp3) is 0.0476. The van der Waals surface area contributed by atoms with Gasteiger partial charge in [-0.05, 0) is 46.7 Å². The van der Waals surface area contributed by atoms with Crippen LogP contribution in [0.5, 0.6) is 0 Å². The van der Waals surface area contributed by atoms with E-state index in [0.717, 1.165) is 0 Å². The van der Waals surface area contributed by atoms with E-state index in [9.17, 15) is 0 Å². The van der Waals surface area contributed by atoms with Crippen LogP contribution in [-0.4, -0.2) is 0 Å². The zero-order chi connectivity index (χ0) is 15.4. The molecule has 0 aromatic heterocycles. The van der Waals surface area contributed by atoms with Crippen molar-refractivity contribution in [2.45, 2.75) is 6.92 Å². The van der Waals surface area contributed by atoms with E-state index in [4.69, 9.17) is 0 Å². The molecule has 0 saturated carbocycles. The summed E-state index contributed by atoms with van der Waals surface area (Å²) in [6.07, 6.45) is 0. The van der Waals surface area contributed by atoms with Crippen LogP contribution in [0.1, 0.15) is 5.56 Å². The number of benzene rings is 4. The van der Waals surface area contributed by atoms with Crippen LogP contribution in [0, 0.1) is 10.5 Å². The number of aryl methyl sites for hydroxylation is 1. The third kappa shape index (κ3) is 3.66. The quantitative estimate of drug-likeness (QED) is 0.400. The molecule has 0 unspecified atom stereocenters. The van der Waals surface area contributed by atoms with Crippen LogP contribution in [0.2, 0.25) is 0 Å². The minimum absolute atomic E-state index is 1.32. The maximum atomic E-state index is 2.21. The highest BCUT2D eigenvalue weighted by Gasteiger charge is 1.96. The number of fused-ring (bicyclic) bond motifs is 2. The lowest BCUT2D eigenvalue weighted by Gasteiger charge is -1.96. The molecule has 0 spiro atoms. The second kappa shape index (κ2) is 6.93. The molecule has 0 amide bonds. The Balaban J connectivity index is 0.000000131. The molecule has 4 rings (SSSR count). The van der Waals surface area contributed by atoms with Gasteiger partial charge in [-0.3, -0.25) is 0 Å². The van der Waals surface area contributed by atoms with Gasteiger partial charge in [-0.1, -0.05) is 72.3 Å². The summed E-state index contributed by atoms with van der Waals surface area (Å²) in [5.41, 5.74) is 1.32. The molecule has 0 aliphatic rings. The third-order valence-corrected chi connectivity index (χ3v) is 4.35. The molecule has 1 heteroatoms. The Kier molecular flexibility index (Phi) is 4.74. The van der Waals surface area contributed by atoms with Crippen LogP contribution in [0.15, 0.2) is 84.9 Å². The van der Waals surface area contributed by atoms with E-state index < -0.39 is 0 Å². The third-order valence-electron chi connectivity index (χ3n) is 3.63. The fourth-order valence-electron chi connectivity index (χ4n) is 2.48. The molecule has 0 bridgehead atoms. The Hall–Kier alpha value is -1.87. The van der Waals surface area contributed by atoms with Crippen molar-refractivity contribution in [2.24, 2.45) is 0 Å². The summed E-state index contributed by atoms with van der Waals surface area (Å²) in [4.78, 5) is 0. The van der Waals surface area contributed by atoms with Gasteiger partial charge in [-0.2, -0.15) is 0 Å². The number of hydrogen-bond donors (Lipinski definition) is 0. The van der Waals surface area contributed by atoms with Gasteiger partial charge < -0.3 is 0 Å². The highest BCUT2D eigenvalue weighted by molar-refractivity contribution is 5.83. The first kappa shape index (κ1) is 15.0. The number of rotatable bonds is 0. The lowest BCUT2D eigenvalue weighted by atomic mass is 10.1. The monoisotopic (exact) mass is 397 g/mol. The predicted molar refractivity (Wildman–Crippen MR) is 92.7 cm³/mol. The van der Waals surface area contributed by atoms with Crippen LogP contribution in [0.25, 0.3) is 21.5 Å². The van der Waals surface area contributed by atoms with Crippen molar-refractivity contribution in [3.05, 3.63) is 94.1 Å². The van der Waals surface area contributed by atoms with Crippen LogP contribution in [-0.2, 0) is 0 Å². The zero-order valence-electron chi connectivity index (χ0n) is 12.5. The molecule has 22 heavy (non-hydrogen) atoms. The molecular formula is C21H18I+.